The van der Waals surface area contributed by atoms with E-state index >= 15 is 0 Å². The van der Waals surface area contributed by atoms with E-state index in [1.165, 1.54) is 18.2 Å². The first-order valence-corrected chi connectivity index (χ1v) is 9.85. The van der Waals surface area contributed by atoms with Crippen molar-refractivity contribution in [1.29, 1.82) is 0 Å². The van der Waals surface area contributed by atoms with Crippen LogP contribution in [-0.4, -0.2) is 11.5 Å². The average Bonchev–Trinajstić information content (AvgIpc) is 2.71. The maximum atomic E-state index is 12.7. The zero-order chi connectivity index (χ0) is 22.7. The van der Waals surface area contributed by atoms with Crippen LogP contribution in [0.3, 0.4) is 0 Å². The summed E-state index contributed by atoms with van der Waals surface area (Å²) in [4.78, 5) is 0. The maximum absolute atomic E-state index is 12.7. The maximum Gasteiger partial charge on any atom is 0.573 e. The molecule has 0 aromatic heterocycles. The first kappa shape index (κ1) is 22.7. The van der Waals surface area contributed by atoms with E-state index in [2.05, 4.69) is 4.74 Å². The first-order valence-electron chi connectivity index (χ1n) is 9.85. The Morgan fingerprint density at radius 2 is 1.39 bits per heavy atom. The lowest BCUT2D eigenvalue weighted by Crippen LogP contribution is -2.41. The lowest BCUT2D eigenvalue weighted by Gasteiger charge is -2.41. The van der Waals surface area contributed by atoms with E-state index in [0.29, 0.717) is 23.5 Å². The van der Waals surface area contributed by atoms with Crippen molar-refractivity contribution in [2.75, 3.05) is 0 Å². The summed E-state index contributed by atoms with van der Waals surface area (Å²) >= 11 is 0. The van der Waals surface area contributed by atoms with Gasteiger partial charge in [0.15, 0.2) is 0 Å². The molecule has 0 saturated carbocycles. The van der Waals surface area contributed by atoms with E-state index in [0.717, 1.165) is 5.56 Å². The van der Waals surface area contributed by atoms with Gasteiger partial charge in [-0.1, -0.05) is 75.4 Å². The molecule has 0 heterocycles. The summed E-state index contributed by atoms with van der Waals surface area (Å²) in [6.45, 7) is 5.87. The van der Waals surface area contributed by atoms with Gasteiger partial charge in [-0.05, 0) is 46.4 Å². The van der Waals surface area contributed by atoms with Gasteiger partial charge in [-0.15, -0.1) is 13.2 Å². The third-order valence-corrected chi connectivity index (χ3v) is 5.09. The van der Waals surface area contributed by atoms with E-state index in [4.69, 9.17) is 4.74 Å². The van der Waals surface area contributed by atoms with Gasteiger partial charge in [0.1, 0.15) is 23.7 Å². The second-order valence-electron chi connectivity index (χ2n) is 8.33. The van der Waals surface area contributed by atoms with Crippen molar-refractivity contribution in [2.45, 2.75) is 39.3 Å². The molecule has 0 bridgehead atoms. The number of alkyl halides is 3. The predicted molar refractivity (Wildman–Crippen MR) is 113 cm³/mol. The highest BCUT2D eigenvalue weighted by Crippen LogP contribution is 2.46. The molecule has 3 aromatic rings. The summed E-state index contributed by atoms with van der Waals surface area (Å²) in [6, 6.07) is 22.1. The van der Waals surface area contributed by atoms with Gasteiger partial charge in [0.05, 0.1) is 0 Å². The number of ether oxygens (including phenoxy) is 2. The topological polar surface area (TPSA) is 38.7 Å². The summed E-state index contributed by atoms with van der Waals surface area (Å²) < 4.78 is 47.8. The minimum Gasteiger partial charge on any atom is -0.489 e. The van der Waals surface area contributed by atoms with E-state index < -0.39 is 17.4 Å². The summed E-state index contributed by atoms with van der Waals surface area (Å²) in [5, 5.41) is 11.7. The van der Waals surface area contributed by atoms with Crippen LogP contribution in [0.1, 0.15) is 37.5 Å². The Balaban J connectivity index is 1.89. The molecule has 0 spiro atoms. The average molecular weight is 430 g/mol. The third kappa shape index (κ3) is 5.39. The van der Waals surface area contributed by atoms with Crippen LogP contribution in [0.25, 0.3) is 0 Å². The minimum atomic E-state index is -4.81. The Kier molecular flexibility index (Phi) is 6.32. The molecular weight excluding hydrogens is 405 g/mol. The second-order valence-corrected chi connectivity index (χ2v) is 8.33. The zero-order valence-corrected chi connectivity index (χ0v) is 17.6. The summed E-state index contributed by atoms with van der Waals surface area (Å²) in [7, 11) is 0. The van der Waals surface area contributed by atoms with Gasteiger partial charge in [0, 0.05) is 0 Å². The number of halogens is 3. The molecule has 0 aliphatic rings. The van der Waals surface area contributed by atoms with Gasteiger partial charge >= 0.3 is 6.36 Å². The van der Waals surface area contributed by atoms with Gasteiger partial charge in [-0.25, -0.2) is 0 Å². The van der Waals surface area contributed by atoms with Crippen LogP contribution in [0.15, 0.2) is 78.9 Å². The Bertz CT molecular complexity index is 993. The van der Waals surface area contributed by atoms with Crippen LogP contribution >= 0.6 is 0 Å². The summed E-state index contributed by atoms with van der Waals surface area (Å²) in [5.41, 5.74) is -0.415. The van der Waals surface area contributed by atoms with Crippen LogP contribution in [0.5, 0.6) is 11.5 Å². The monoisotopic (exact) mass is 430 g/mol. The van der Waals surface area contributed by atoms with Crippen molar-refractivity contribution in [1.82, 2.24) is 0 Å². The molecule has 3 rings (SSSR count). The van der Waals surface area contributed by atoms with Crippen LogP contribution in [0.4, 0.5) is 13.2 Å². The molecule has 6 heteroatoms. The van der Waals surface area contributed by atoms with Gasteiger partial charge in [0.2, 0.25) is 0 Å². The molecule has 164 valence electrons. The van der Waals surface area contributed by atoms with Crippen LogP contribution < -0.4 is 9.47 Å². The van der Waals surface area contributed by atoms with Gasteiger partial charge in [0.25, 0.3) is 0 Å². The van der Waals surface area contributed by atoms with Crippen molar-refractivity contribution < 1.29 is 27.8 Å². The normalized spacial score (nSPS) is 14.0. The van der Waals surface area contributed by atoms with Crippen molar-refractivity contribution in [3.63, 3.8) is 0 Å². The third-order valence-electron chi connectivity index (χ3n) is 5.09. The highest BCUT2D eigenvalue weighted by molar-refractivity contribution is 5.43. The van der Waals surface area contributed by atoms with Crippen LogP contribution in [-0.2, 0) is 12.2 Å². The molecule has 1 unspecified atom stereocenters. The molecule has 0 amide bonds. The van der Waals surface area contributed by atoms with Crippen LogP contribution in [0.2, 0.25) is 0 Å². The number of aliphatic hydroxyl groups is 1. The molecule has 1 N–H and O–H groups in total. The van der Waals surface area contributed by atoms with Crippen LogP contribution in [0, 0.1) is 5.41 Å². The lowest BCUT2D eigenvalue weighted by atomic mass is 9.68. The second kappa shape index (κ2) is 8.63. The highest BCUT2D eigenvalue weighted by Gasteiger charge is 2.44. The standard InChI is InChI=1S/C25H25F3O3/c1-23(2,3)24(29,20-10-7-11-22(16-20)31-25(26,27)28)19-12-14-21(15-13-19)30-17-18-8-5-4-6-9-18/h4-16,29H,17H2,1-3H3. The Hall–Kier alpha value is -2.99. The minimum absolute atomic E-state index is 0.305. The van der Waals surface area contributed by atoms with E-state index in [-0.39, 0.29) is 5.75 Å². The van der Waals surface area contributed by atoms with E-state index in [9.17, 15) is 18.3 Å². The smallest absolute Gasteiger partial charge is 0.489 e. The van der Waals surface area contributed by atoms with E-state index in [1.807, 2.05) is 51.1 Å². The molecule has 0 fully saturated rings. The van der Waals surface area contributed by atoms with Crippen molar-refractivity contribution in [3.05, 3.63) is 95.6 Å². The Morgan fingerprint density at radius 3 is 1.97 bits per heavy atom. The highest BCUT2D eigenvalue weighted by atomic mass is 19.4. The fraction of sp³-hybridized carbons (Fsp3) is 0.280. The molecule has 1 atom stereocenters. The number of hydrogen-bond donors (Lipinski definition) is 1. The molecule has 31 heavy (non-hydrogen) atoms. The molecule has 0 aliphatic heterocycles. The fourth-order valence-electron chi connectivity index (χ4n) is 3.48. The number of rotatable bonds is 6. The zero-order valence-electron chi connectivity index (χ0n) is 17.6. The van der Waals surface area contributed by atoms with Crippen molar-refractivity contribution in [3.8, 4) is 11.5 Å². The predicted octanol–water partition coefficient (Wildman–Crippen LogP) is 6.45. The van der Waals surface area contributed by atoms with Gasteiger partial charge in [-0.3, -0.25) is 0 Å². The summed E-state index contributed by atoms with van der Waals surface area (Å²) in [5.74, 6) is 0.244. The molecule has 3 aromatic carbocycles. The quantitative estimate of drug-likeness (QED) is 0.489. The number of benzene rings is 3. The SMILES string of the molecule is CC(C)(C)C(O)(c1ccc(OCc2ccccc2)cc1)c1cccc(OC(F)(F)F)c1. The Morgan fingerprint density at radius 1 is 0.742 bits per heavy atom. The fourth-order valence-corrected chi connectivity index (χ4v) is 3.48. The molecule has 0 saturated heterocycles. The van der Waals surface area contributed by atoms with Crippen molar-refractivity contribution in [2.24, 2.45) is 5.41 Å². The molecule has 0 aliphatic carbocycles. The lowest BCUT2D eigenvalue weighted by molar-refractivity contribution is -0.274. The van der Waals surface area contributed by atoms with E-state index in [1.54, 1.807) is 30.3 Å². The molecular formula is C25H25F3O3. The first-order chi connectivity index (χ1) is 14.5. The molecule has 0 radical (unpaired) electrons. The Labute approximate surface area is 180 Å². The van der Waals surface area contributed by atoms with Gasteiger partial charge in [-0.2, -0.15) is 0 Å². The number of hydrogen-bond acceptors (Lipinski definition) is 3. The molecule has 3 nitrogen and oxygen atoms in total. The largest absolute Gasteiger partial charge is 0.573 e. The van der Waals surface area contributed by atoms with Crippen molar-refractivity contribution >= 4 is 0 Å². The summed E-state index contributed by atoms with van der Waals surface area (Å²) in [6.07, 6.45) is -4.81. The van der Waals surface area contributed by atoms with Gasteiger partial charge < -0.3 is 14.6 Å².